The second-order valence-electron chi connectivity index (χ2n) is 5.21. The lowest BCUT2D eigenvalue weighted by molar-refractivity contribution is 0.381. The third-order valence-electron chi connectivity index (χ3n) is 3.62. The summed E-state index contributed by atoms with van der Waals surface area (Å²) in [6.07, 6.45) is 6.58. The second-order valence-corrected chi connectivity index (χ2v) is 5.21. The molecule has 0 aliphatic heterocycles. The fraction of sp³-hybridized carbons (Fsp3) is 0.625. The minimum Gasteiger partial charge on any atom is -0.327 e. The number of halogens is 1. The number of hydrogen-bond acceptors (Lipinski definition) is 1. The van der Waals surface area contributed by atoms with Crippen LogP contribution in [0.5, 0.6) is 0 Å². The summed E-state index contributed by atoms with van der Waals surface area (Å²) in [5, 5.41) is 0. The van der Waals surface area contributed by atoms with Gasteiger partial charge in [0.2, 0.25) is 0 Å². The van der Waals surface area contributed by atoms with Gasteiger partial charge in [-0.2, -0.15) is 0 Å². The van der Waals surface area contributed by atoms with E-state index in [1.165, 1.54) is 31.7 Å². The smallest absolute Gasteiger partial charge is 0.126 e. The van der Waals surface area contributed by atoms with Crippen LogP contribution in [-0.4, -0.2) is 6.04 Å². The van der Waals surface area contributed by atoms with Gasteiger partial charge in [-0.05, 0) is 30.4 Å². The predicted molar refractivity (Wildman–Crippen MR) is 76.0 cm³/mol. The van der Waals surface area contributed by atoms with Crippen molar-refractivity contribution in [3.8, 4) is 0 Å². The zero-order valence-electron chi connectivity index (χ0n) is 11.7. The van der Waals surface area contributed by atoms with Crippen LogP contribution in [0.2, 0.25) is 0 Å². The first kappa shape index (κ1) is 15.2. The lowest BCUT2D eigenvalue weighted by atomic mass is 9.90. The molecular formula is C16H26FN. The molecule has 2 unspecified atom stereocenters. The largest absolute Gasteiger partial charge is 0.327 e. The van der Waals surface area contributed by atoms with Crippen molar-refractivity contribution in [1.29, 1.82) is 0 Å². The topological polar surface area (TPSA) is 26.0 Å². The van der Waals surface area contributed by atoms with Crippen LogP contribution in [0, 0.1) is 11.7 Å². The summed E-state index contributed by atoms with van der Waals surface area (Å²) >= 11 is 0. The minimum absolute atomic E-state index is 0.0729. The summed E-state index contributed by atoms with van der Waals surface area (Å²) in [5.74, 6) is 0.557. The molecule has 0 saturated carbocycles. The highest BCUT2D eigenvalue weighted by molar-refractivity contribution is 5.18. The normalized spacial score (nSPS) is 14.4. The van der Waals surface area contributed by atoms with Crippen molar-refractivity contribution in [2.24, 2.45) is 11.7 Å². The van der Waals surface area contributed by atoms with Crippen molar-refractivity contribution in [2.75, 3.05) is 0 Å². The predicted octanol–water partition coefficient (Wildman–Crippen LogP) is 4.30. The minimum atomic E-state index is -0.130. The van der Waals surface area contributed by atoms with Crippen molar-refractivity contribution >= 4 is 0 Å². The Morgan fingerprint density at radius 1 is 1.22 bits per heavy atom. The molecule has 1 aromatic rings. The van der Waals surface area contributed by atoms with Gasteiger partial charge in [0.1, 0.15) is 5.82 Å². The van der Waals surface area contributed by atoms with Gasteiger partial charge in [0.05, 0.1) is 0 Å². The third-order valence-corrected chi connectivity index (χ3v) is 3.62. The van der Waals surface area contributed by atoms with E-state index in [0.717, 1.165) is 12.0 Å². The Kier molecular flexibility index (Phi) is 6.96. The molecule has 0 aromatic heterocycles. The van der Waals surface area contributed by atoms with Gasteiger partial charge in [0.15, 0.2) is 0 Å². The van der Waals surface area contributed by atoms with Crippen LogP contribution in [0.3, 0.4) is 0 Å². The van der Waals surface area contributed by atoms with Crippen LogP contribution in [0.15, 0.2) is 24.3 Å². The molecule has 0 aliphatic carbocycles. The Morgan fingerprint density at radius 3 is 2.56 bits per heavy atom. The fourth-order valence-electron chi connectivity index (χ4n) is 2.44. The van der Waals surface area contributed by atoms with Gasteiger partial charge >= 0.3 is 0 Å². The summed E-state index contributed by atoms with van der Waals surface area (Å²) in [7, 11) is 0. The van der Waals surface area contributed by atoms with Crippen LogP contribution < -0.4 is 5.73 Å². The lowest BCUT2D eigenvalue weighted by Gasteiger charge is -2.19. The maximum Gasteiger partial charge on any atom is 0.126 e. The molecule has 102 valence electrons. The monoisotopic (exact) mass is 251 g/mol. The zero-order valence-corrected chi connectivity index (χ0v) is 11.7. The van der Waals surface area contributed by atoms with Crippen molar-refractivity contribution in [1.82, 2.24) is 0 Å². The molecule has 18 heavy (non-hydrogen) atoms. The maximum atomic E-state index is 13.5. The van der Waals surface area contributed by atoms with E-state index in [4.69, 9.17) is 5.73 Å². The molecule has 0 saturated heterocycles. The molecule has 1 nitrogen and oxygen atoms in total. The molecule has 0 heterocycles. The van der Waals surface area contributed by atoms with E-state index in [-0.39, 0.29) is 11.9 Å². The zero-order chi connectivity index (χ0) is 13.4. The Balaban J connectivity index is 2.45. The average Bonchev–Trinajstić information content (AvgIpc) is 2.37. The van der Waals surface area contributed by atoms with Gasteiger partial charge in [-0.1, -0.05) is 57.7 Å². The highest BCUT2D eigenvalue weighted by Gasteiger charge is 2.13. The Morgan fingerprint density at radius 2 is 1.94 bits per heavy atom. The fourth-order valence-corrected chi connectivity index (χ4v) is 2.44. The lowest BCUT2D eigenvalue weighted by Crippen LogP contribution is -2.26. The summed E-state index contributed by atoms with van der Waals surface area (Å²) < 4.78 is 13.5. The molecule has 2 heteroatoms. The highest BCUT2D eigenvalue weighted by Crippen LogP contribution is 2.20. The summed E-state index contributed by atoms with van der Waals surface area (Å²) in [6, 6.07) is 7.02. The van der Waals surface area contributed by atoms with Crippen LogP contribution in [-0.2, 0) is 6.42 Å². The third kappa shape index (κ3) is 5.18. The van der Waals surface area contributed by atoms with Crippen molar-refractivity contribution in [3.05, 3.63) is 35.6 Å². The molecule has 2 atom stereocenters. The molecule has 0 aliphatic rings. The molecule has 0 spiro atoms. The van der Waals surface area contributed by atoms with E-state index in [0.29, 0.717) is 12.3 Å². The standard InChI is InChI=1S/C16H26FN/c1-3-5-8-13(4-2)11-15(18)12-14-9-6-7-10-16(14)17/h6-7,9-10,13,15H,3-5,8,11-12,18H2,1-2H3. The van der Waals surface area contributed by atoms with E-state index in [9.17, 15) is 4.39 Å². The average molecular weight is 251 g/mol. The van der Waals surface area contributed by atoms with Crippen molar-refractivity contribution < 1.29 is 4.39 Å². The SMILES string of the molecule is CCCCC(CC)CC(N)Cc1ccccc1F. The van der Waals surface area contributed by atoms with Crippen LogP contribution in [0.1, 0.15) is 51.5 Å². The van der Waals surface area contributed by atoms with E-state index >= 15 is 0 Å². The van der Waals surface area contributed by atoms with Gasteiger partial charge < -0.3 is 5.73 Å². The first-order valence-electron chi connectivity index (χ1n) is 7.16. The van der Waals surface area contributed by atoms with Gasteiger partial charge in [0.25, 0.3) is 0 Å². The van der Waals surface area contributed by atoms with E-state index in [1.807, 2.05) is 12.1 Å². The second kappa shape index (κ2) is 8.25. The highest BCUT2D eigenvalue weighted by atomic mass is 19.1. The van der Waals surface area contributed by atoms with E-state index < -0.39 is 0 Å². The van der Waals surface area contributed by atoms with Gasteiger partial charge in [-0.25, -0.2) is 4.39 Å². The summed E-state index contributed by atoms with van der Waals surface area (Å²) in [4.78, 5) is 0. The first-order valence-corrected chi connectivity index (χ1v) is 7.16. The molecule has 0 bridgehead atoms. The number of rotatable bonds is 8. The molecule has 1 aromatic carbocycles. The molecule has 0 amide bonds. The molecule has 1 rings (SSSR count). The summed E-state index contributed by atoms with van der Waals surface area (Å²) in [6.45, 7) is 4.43. The molecule has 0 radical (unpaired) electrons. The molecular weight excluding hydrogens is 225 g/mol. The van der Waals surface area contributed by atoms with Gasteiger partial charge in [-0.15, -0.1) is 0 Å². The number of nitrogens with two attached hydrogens (primary N) is 1. The Bertz CT molecular complexity index is 338. The Labute approximate surface area is 111 Å². The Hall–Kier alpha value is -0.890. The maximum absolute atomic E-state index is 13.5. The number of hydrogen-bond donors (Lipinski definition) is 1. The van der Waals surface area contributed by atoms with Crippen molar-refractivity contribution in [3.63, 3.8) is 0 Å². The van der Waals surface area contributed by atoms with Crippen LogP contribution in [0.25, 0.3) is 0 Å². The van der Waals surface area contributed by atoms with Crippen LogP contribution >= 0.6 is 0 Å². The number of benzene rings is 1. The van der Waals surface area contributed by atoms with Gasteiger partial charge in [-0.3, -0.25) is 0 Å². The first-order chi connectivity index (χ1) is 8.67. The van der Waals surface area contributed by atoms with Gasteiger partial charge in [0, 0.05) is 6.04 Å². The summed E-state index contributed by atoms with van der Waals surface area (Å²) in [5.41, 5.74) is 6.90. The van der Waals surface area contributed by atoms with E-state index in [1.54, 1.807) is 6.07 Å². The van der Waals surface area contributed by atoms with Crippen LogP contribution in [0.4, 0.5) is 4.39 Å². The van der Waals surface area contributed by atoms with E-state index in [2.05, 4.69) is 13.8 Å². The number of unbranched alkanes of at least 4 members (excludes halogenated alkanes) is 1. The molecule has 0 fully saturated rings. The quantitative estimate of drug-likeness (QED) is 0.732. The molecule has 2 N–H and O–H groups in total. The van der Waals surface area contributed by atoms with Crippen molar-refractivity contribution in [2.45, 2.75) is 58.4 Å².